The Hall–Kier alpha value is -2.21. The average molecular weight is 382 g/mol. The Morgan fingerprint density at radius 3 is 2.64 bits per heavy atom. The molecule has 2 aliphatic rings. The van der Waals surface area contributed by atoms with E-state index in [-0.39, 0.29) is 11.3 Å². The minimum absolute atomic E-state index is 0.278. The smallest absolute Gasteiger partial charge is 0.222 e. The lowest BCUT2D eigenvalue weighted by Gasteiger charge is -2.47. The van der Waals surface area contributed by atoms with Crippen LogP contribution in [0, 0.1) is 5.41 Å². The van der Waals surface area contributed by atoms with Crippen LogP contribution in [0.1, 0.15) is 56.8 Å². The Labute approximate surface area is 167 Å². The Kier molecular flexibility index (Phi) is 5.49. The summed E-state index contributed by atoms with van der Waals surface area (Å²) >= 11 is 0. The van der Waals surface area contributed by atoms with Crippen LogP contribution in [0.5, 0.6) is 0 Å². The van der Waals surface area contributed by atoms with E-state index >= 15 is 0 Å². The molecule has 0 N–H and O–H groups in total. The van der Waals surface area contributed by atoms with Crippen molar-refractivity contribution in [3.05, 3.63) is 48.0 Å². The van der Waals surface area contributed by atoms with Gasteiger partial charge in [-0.05, 0) is 63.7 Å². The fourth-order valence-corrected chi connectivity index (χ4v) is 4.53. The SMILES string of the molecule is CC(C)n1cc(CN2CCC3(CCC(=O)N(Cc4ccccn4)C3)CC2)cn1. The molecule has 2 saturated heterocycles. The molecule has 2 aliphatic heterocycles. The first kappa shape index (κ1) is 19.1. The number of pyridine rings is 1. The Morgan fingerprint density at radius 2 is 1.96 bits per heavy atom. The summed E-state index contributed by atoms with van der Waals surface area (Å²) < 4.78 is 2.03. The van der Waals surface area contributed by atoms with Gasteiger partial charge in [0.2, 0.25) is 5.91 Å². The third kappa shape index (κ3) is 4.27. The highest BCUT2D eigenvalue weighted by Crippen LogP contribution is 2.40. The molecule has 0 bridgehead atoms. The summed E-state index contributed by atoms with van der Waals surface area (Å²) in [5, 5.41) is 4.46. The molecule has 1 spiro atoms. The molecule has 0 aromatic carbocycles. The van der Waals surface area contributed by atoms with E-state index in [1.807, 2.05) is 34.0 Å². The van der Waals surface area contributed by atoms with Crippen molar-refractivity contribution in [2.75, 3.05) is 19.6 Å². The van der Waals surface area contributed by atoms with Gasteiger partial charge in [-0.15, -0.1) is 0 Å². The summed E-state index contributed by atoms with van der Waals surface area (Å²) in [4.78, 5) is 21.4. The van der Waals surface area contributed by atoms with E-state index in [1.54, 1.807) is 6.20 Å². The van der Waals surface area contributed by atoms with Gasteiger partial charge in [-0.2, -0.15) is 5.10 Å². The minimum Gasteiger partial charge on any atom is -0.336 e. The molecule has 0 aliphatic carbocycles. The average Bonchev–Trinajstić information content (AvgIpc) is 3.17. The first-order valence-corrected chi connectivity index (χ1v) is 10.5. The van der Waals surface area contributed by atoms with E-state index in [4.69, 9.17) is 0 Å². The van der Waals surface area contributed by atoms with Crippen molar-refractivity contribution in [2.45, 2.75) is 58.7 Å². The molecule has 2 fully saturated rings. The predicted octanol–water partition coefficient (Wildman–Crippen LogP) is 3.26. The molecule has 4 rings (SSSR count). The van der Waals surface area contributed by atoms with Gasteiger partial charge < -0.3 is 4.90 Å². The van der Waals surface area contributed by atoms with Crippen molar-refractivity contribution in [2.24, 2.45) is 5.41 Å². The highest BCUT2D eigenvalue weighted by molar-refractivity contribution is 5.77. The highest BCUT2D eigenvalue weighted by Gasteiger charge is 2.40. The van der Waals surface area contributed by atoms with Gasteiger partial charge in [-0.1, -0.05) is 6.07 Å². The molecule has 6 nitrogen and oxygen atoms in total. The van der Waals surface area contributed by atoms with Crippen LogP contribution < -0.4 is 0 Å². The molecule has 0 atom stereocenters. The zero-order chi connectivity index (χ0) is 19.6. The second kappa shape index (κ2) is 8.03. The second-order valence-electron chi connectivity index (χ2n) is 8.77. The Balaban J connectivity index is 1.34. The molecule has 28 heavy (non-hydrogen) atoms. The number of nitrogens with zero attached hydrogens (tertiary/aromatic N) is 5. The number of hydrogen-bond acceptors (Lipinski definition) is 4. The normalized spacial score (nSPS) is 20.2. The van der Waals surface area contributed by atoms with Gasteiger partial charge >= 0.3 is 0 Å². The number of aromatic nitrogens is 3. The van der Waals surface area contributed by atoms with Crippen LogP contribution >= 0.6 is 0 Å². The molecule has 0 radical (unpaired) electrons. The van der Waals surface area contributed by atoms with Crippen molar-refractivity contribution < 1.29 is 4.79 Å². The maximum absolute atomic E-state index is 12.5. The van der Waals surface area contributed by atoms with Crippen molar-refractivity contribution in [3.63, 3.8) is 0 Å². The summed E-state index contributed by atoms with van der Waals surface area (Å²) in [7, 11) is 0. The van der Waals surface area contributed by atoms with E-state index in [1.165, 1.54) is 5.56 Å². The molecule has 150 valence electrons. The summed E-state index contributed by atoms with van der Waals surface area (Å²) in [6.45, 7) is 8.99. The van der Waals surface area contributed by atoms with E-state index in [2.05, 4.69) is 35.0 Å². The number of rotatable bonds is 5. The third-order valence-corrected chi connectivity index (χ3v) is 6.33. The van der Waals surface area contributed by atoms with Gasteiger partial charge in [0, 0.05) is 43.5 Å². The summed E-state index contributed by atoms with van der Waals surface area (Å²) in [5.74, 6) is 0.278. The molecule has 4 heterocycles. The van der Waals surface area contributed by atoms with E-state index in [0.717, 1.165) is 51.1 Å². The fourth-order valence-electron chi connectivity index (χ4n) is 4.53. The topological polar surface area (TPSA) is 54.3 Å². The van der Waals surface area contributed by atoms with Crippen LogP contribution in [0.3, 0.4) is 0 Å². The summed E-state index contributed by atoms with van der Waals surface area (Å²) in [6, 6.07) is 6.33. The lowest BCUT2D eigenvalue weighted by Crippen LogP contribution is -2.51. The monoisotopic (exact) mass is 381 g/mol. The molecule has 6 heteroatoms. The van der Waals surface area contributed by atoms with Gasteiger partial charge in [0.25, 0.3) is 0 Å². The van der Waals surface area contributed by atoms with E-state index < -0.39 is 0 Å². The number of amides is 1. The lowest BCUT2D eigenvalue weighted by molar-refractivity contribution is -0.140. The first-order valence-electron chi connectivity index (χ1n) is 10.5. The Morgan fingerprint density at radius 1 is 1.14 bits per heavy atom. The van der Waals surface area contributed by atoms with Gasteiger partial charge in [-0.25, -0.2) is 0 Å². The predicted molar refractivity (Wildman–Crippen MR) is 108 cm³/mol. The summed E-state index contributed by atoms with van der Waals surface area (Å²) in [6.07, 6.45) is 10.0. The van der Waals surface area contributed by atoms with Gasteiger partial charge in [0.1, 0.15) is 0 Å². The third-order valence-electron chi connectivity index (χ3n) is 6.33. The van der Waals surface area contributed by atoms with Crippen LogP contribution in [0.25, 0.3) is 0 Å². The minimum atomic E-state index is 0.278. The Bertz CT molecular complexity index is 792. The second-order valence-corrected chi connectivity index (χ2v) is 8.77. The quantitative estimate of drug-likeness (QED) is 0.798. The summed E-state index contributed by atoms with van der Waals surface area (Å²) in [5.41, 5.74) is 2.55. The number of carbonyl (C=O) groups is 1. The molecule has 1 amide bonds. The zero-order valence-corrected chi connectivity index (χ0v) is 17.0. The van der Waals surface area contributed by atoms with Crippen molar-refractivity contribution in [1.29, 1.82) is 0 Å². The lowest BCUT2D eigenvalue weighted by atomic mass is 9.72. The van der Waals surface area contributed by atoms with Crippen LogP contribution in [0.4, 0.5) is 0 Å². The number of hydrogen-bond donors (Lipinski definition) is 0. The van der Waals surface area contributed by atoms with Crippen LogP contribution in [-0.4, -0.2) is 50.1 Å². The van der Waals surface area contributed by atoms with E-state index in [0.29, 0.717) is 19.0 Å². The van der Waals surface area contributed by atoms with Gasteiger partial charge in [-0.3, -0.25) is 19.4 Å². The van der Waals surface area contributed by atoms with Crippen molar-refractivity contribution in [3.8, 4) is 0 Å². The number of piperidine rings is 2. The van der Waals surface area contributed by atoms with Crippen molar-refractivity contribution >= 4 is 5.91 Å². The standard InChI is InChI=1S/C22H31N5O/c1-18(2)27-15-19(13-24-27)14-25-11-8-22(9-12-25)7-6-21(28)26(17-22)16-20-5-3-4-10-23-20/h3-5,10,13,15,18H,6-9,11-12,14,16-17H2,1-2H3. The van der Waals surface area contributed by atoms with Gasteiger partial charge in [0.15, 0.2) is 0 Å². The maximum atomic E-state index is 12.5. The van der Waals surface area contributed by atoms with Crippen LogP contribution in [0.15, 0.2) is 36.8 Å². The van der Waals surface area contributed by atoms with E-state index in [9.17, 15) is 4.79 Å². The molecular formula is C22H31N5O. The molecule has 2 aromatic rings. The fraction of sp³-hybridized carbons (Fsp3) is 0.591. The van der Waals surface area contributed by atoms with Gasteiger partial charge in [0.05, 0.1) is 18.4 Å². The van der Waals surface area contributed by atoms with Crippen LogP contribution in [0.2, 0.25) is 0 Å². The van der Waals surface area contributed by atoms with Crippen LogP contribution in [-0.2, 0) is 17.9 Å². The number of likely N-dealkylation sites (tertiary alicyclic amines) is 2. The van der Waals surface area contributed by atoms with Crippen molar-refractivity contribution in [1.82, 2.24) is 24.6 Å². The zero-order valence-electron chi connectivity index (χ0n) is 17.0. The molecule has 0 saturated carbocycles. The number of carbonyl (C=O) groups excluding carboxylic acids is 1. The molecular weight excluding hydrogens is 350 g/mol. The maximum Gasteiger partial charge on any atom is 0.222 e. The largest absolute Gasteiger partial charge is 0.336 e. The molecule has 0 unspecified atom stereocenters. The highest BCUT2D eigenvalue weighted by atomic mass is 16.2. The first-order chi connectivity index (χ1) is 13.5. The molecule has 2 aromatic heterocycles.